The van der Waals surface area contributed by atoms with Gasteiger partial charge in [-0.05, 0) is 58.3 Å². The van der Waals surface area contributed by atoms with Gasteiger partial charge in [0.2, 0.25) is 0 Å². The lowest BCUT2D eigenvalue weighted by Gasteiger charge is -2.32. The van der Waals surface area contributed by atoms with E-state index in [0.717, 1.165) is 5.47 Å². The van der Waals surface area contributed by atoms with Gasteiger partial charge in [0.05, 0.1) is 22.6 Å². The van der Waals surface area contributed by atoms with Crippen molar-refractivity contribution in [2.24, 2.45) is 0 Å². The number of aromatic nitrogens is 1. The molecule has 0 spiro atoms. The summed E-state index contributed by atoms with van der Waals surface area (Å²) < 4.78 is 25.3. The van der Waals surface area contributed by atoms with E-state index >= 15 is 0 Å². The molecule has 2 heterocycles. The maximum atomic E-state index is 13.3. The van der Waals surface area contributed by atoms with Crippen LogP contribution < -0.4 is 0 Å². The lowest BCUT2D eigenvalue weighted by Crippen LogP contribution is -2.41. The van der Waals surface area contributed by atoms with Crippen LogP contribution in [0.2, 0.25) is 0 Å². The first-order valence-electron chi connectivity index (χ1n) is 6.96. The minimum Gasteiger partial charge on any atom is -0.400 e. The van der Waals surface area contributed by atoms with Crippen molar-refractivity contribution in [2.45, 2.75) is 45.8 Å². The van der Waals surface area contributed by atoms with E-state index in [1.54, 1.807) is 13.0 Å². The Morgan fingerprint density at radius 2 is 1.86 bits per heavy atom. The number of hydrogen-bond donors (Lipinski definition) is 1. The highest BCUT2D eigenvalue weighted by Crippen LogP contribution is 2.38. The highest BCUT2D eigenvalue weighted by Gasteiger charge is 2.52. The molecule has 6 heteroatoms. The summed E-state index contributed by atoms with van der Waals surface area (Å²) in [6.45, 7) is 9.65. The molecule has 0 unspecified atom stereocenters. The normalized spacial score (nSPS) is 20.9. The Labute approximate surface area is 131 Å². The first-order valence-corrected chi connectivity index (χ1v) is 7.59. The van der Waals surface area contributed by atoms with Gasteiger partial charge in [-0.15, -0.1) is 0 Å². The average Bonchev–Trinajstić information content (AvgIpc) is 2.59. The first-order chi connectivity index (χ1) is 9.66. The molecule has 1 fully saturated rings. The van der Waals surface area contributed by atoms with E-state index in [-0.39, 0.29) is 5.82 Å². The molecular weight excluding hydrogens is 288 g/mol. The van der Waals surface area contributed by atoms with E-state index in [1.165, 1.54) is 6.07 Å². The van der Waals surface area contributed by atoms with Crippen LogP contribution >= 0.6 is 12.6 Å². The molecule has 114 valence electrons. The summed E-state index contributed by atoms with van der Waals surface area (Å²) in [7, 11) is -0.459. The van der Waals surface area contributed by atoms with Gasteiger partial charge in [-0.2, -0.15) is 12.6 Å². The van der Waals surface area contributed by atoms with Crippen LogP contribution in [0.25, 0.3) is 6.08 Å². The lowest BCUT2D eigenvalue weighted by atomic mass is 9.78. The SMILES string of the molecule is Cc1nc(C=C(CS)B2OC(C)(C)C(C)(C)O2)ccc1F. The van der Waals surface area contributed by atoms with Crippen molar-refractivity contribution in [3.63, 3.8) is 0 Å². The third-order valence-electron chi connectivity index (χ3n) is 4.11. The monoisotopic (exact) mass is 309 g/mol. The quantitative estimate of drug-likeness (QED) is 0.685. The molecule has 0 atom stereocenters. The van der Waals surface area contributed by atoms with Crippen LogP contribution in [0.1, 0.15) is 39.1 Å². The molecule has 0 saturated carbocycles. The van der Waals surface area contributed by atoms with Gasteiger partial charge in [-0.1, -0.05) is 0 Å². The molecule has 1 aromatic heterocycles. The minimum atomic E-state index is -0.459. The highest BCUT2D eigenvalue weighted by atomic mass is 32.1. The molecule has 3 nitrogen and oxygen atoms in total. The number of aryl methyl sites for hydroxylation is 1. The van der Waals surface area contributed by atoms with E-state index < -0.39 is 18.3 Å². The van der Waals surface area contributed by atoms with Crippen LogP contribution in [0.4, 0.5) is 4.39 Å². The second-order valence-corrected chi connectivity index (χ2v) is 6.59. The summed E-state index contributed by atoms with van der Waals surface area (Å²) in [5.41, 5.74) is 1.12. The molecule has 2 rings (SSSR count). The Bertz CT molecular complexity index is 559. The summed E-state index contributed by atoms with van der Waals surface area (Å²) in [6.07, 6.45) is 1.85. The molecule has 1 saturated heterocycles. The van der Waals surface area contributed by atoms with E-state index in [2.05, 4.69) is 17.6 Å². The molecule has 1 aromatic rings. The van der Waals surface area contributed by atoms with E-state index in [4.69, 9.17) is 9.31 Å². The first kappa shape index (κ1) is 16.5. The van der Waals surface area contributed by atoms with Crippen molar-refractivity contribution < 1.29 is 13.7 Å². The second kappa shape index (κ2) is 5.74. The van der Waals surface area contributed by atoms with Gasteiger partial charge in [0.25, 0.3) is 0 Å². The maximum Gasteiger partial charge on any atom is 0.491 e. The van der Waals surface area contributed by atoms with E-state index in [1.807, 2.05) is 33.8 Å². The third-order valence-corrected chi connectivity index (χ3v) is 4.48. The maximum absolute atomic E-state index is 13.3. The van der Waals surface area contributed by atoms with Crippen LogP contribution in [0.3, 0.4) is 0 Å². The zero-order chi connectivity index (χ0) is 15.8. The van der Waals surface area contributed by atoms with E-state index in [0.29, 0.717) is 17.1 Å². The summed E-state index contributed by atoms with van der Waals surface area (Å²) >= 11 is 4.35. The summed E-state index contributed by atoms with van der Waals surface area (Å²) in [5, 5.41) is 0. The van der Waals surface area contributed by atoms with Crippen molar-refractivity contribution >= 4 is 25.8 Å². The summed E-state index contributed by atoms with van der Waals surface area (Å²) in [6, 6.07) is 3.05. The van der Waals surface area contributed by atoms with Crippen molar-refractivity contribution in [1.82, 2.24) is 4.98 Å². The van der Waals surface area contributed by atoms with Crippen LogP contribution in [-0.2, 0) is 9.31 Å². The largest absolute Gasteiger partial charge is 0.491 e. The number of nitrogens with zero attached hydrogens (tertiary/aromatic N) is 1. The van der Waals surface area contributed by atoms with E-state index in [9.17, 15) is 4.39 Å². The Kier molecular flexibility index (Phi) is 4.52. The Morgan fingerprint density at radius 1 is 1.29 bits per heavy atom. The molecule has 1 aliphatic heterocycles. The van der Waals surface area contributed by atoms with Gasteiger partial charge in [0, 0.05) is 5.75 Å². The molecule has 0 aromatic carbocycles. The molecule has 0 aliphatic carbocycles. The number of hydrogen-bond acceptors (Lipinski definition) is 4. The van der Waals surface area contributed by atoms with Gasteiger partial charge in [-0.3, -0.25) is 4.98 Å². The number of halogens is 1. The molecule has 0 amide bonds. The Hall–Kier alpha value is -0.845. The van der Waals surface area contributed by atoms with Gasteiger partial charge in [0.15, 0.2) is 0 Å². The van der Waals surface area contributed by atoms with Crippen LogP contribution in [0.5, 0.6) is 0 Å². The number of rotatable bonds is 3. The molecule has 0 N–H and O–H groups in total. The standard InChI is InChI=1S/C15H21BFNO2S/c1-10-13(17)7-6-12(18-10)8-11(9-21)16-19-14(2,3)15(4,5)20-16/h6-8,21H,9H2,1-5H3. The van der Waals surface area contributed by atoms with Crippen molar-refractivity contribution in [3.8, 4) is 0 Å². The number of pyridine rings is 1. The fourth-order valence-electron chi connectivity index (χ4n) is 2.02. The summed E-state index contributed by atoms with van der Waals surface area (Å²) in [4.78, 5) is 4.21. The Balaban J connectivity index is 2.28. The second-order valence-electron chi connectivity index (χ2n) is 6.27. The van der Waals surface area contributed by atoms with Crippen LogP contribution in [-0.4, -0.2) is 29.1 Å². The molecule has 1 aliphatic rings. The Morgan fingerprint density at radius 3 is 2.33 bits per heavy atom. The smallest absolute Gasteiger partial charge is 0.400 e. The van der Waals surface area contributed by atoms with Crippen molar-refractivity contribution in [3.05, 3.63) is 34.8 Å². The molecule has 0 radical (unpaired) electrons. The minimum absolute atomic E-state index is 0.310. The van der Waals surface area contributed by atoms with Crippen molar-refractivity contribution in [1.29, 1.82) is 0 Å². The highest BCUT2D eigenvalue weighted by molar-refractivity contribution is 7.80. The zero-order valence-corrected chi connectivity index (χ0v) is 14.0. The average molecular weight is 309 g/mol. The predicted octanol–water partition coefficient (Wildman–Crippen LogP) is 3.47. The zero-order valence-electron chi connectivity index (χ0n) is 13.1. The molecule has 21 heavy (non-hydrogen) atoms. The van der Waals surface area contributed by atoms with Gasteiger partial charge in [0.1, 0.15) is 5.82 Å². The predicted molar refractivity (Wildman–Crippen MR) is 86.8 cm³/mol. The summed E-state index contributed by atoms with van der Waals surface area (Å²) in [5.74, 6) is 0.171. The van der Waals surface area contributed by atoms with Gasteiger partial charge >= 0.3 is 7.12 Å². The third kappa shape index (κ3) is 3.33. The van der Waals surface area contributed by atoms with Crippen LogP contribution in [0, 0.1) is 12.7 Å². The van der Waals surface area contributed by atoms with Crippen LogP contribution in [0.15, 0.2) is 17.6 Å². The fourth-order valence-corrected chi connectivity index (χ4v) is 2.26. The lowest BCUT2D eigenvalue weighted by molar-refractivity contribution is 0.00578. The molecular formula is C15H21BFNO2S. The van der Waals surface area contributed by atoms with Crippen molar-refractivity contribution in [2.75, 3.05) is 5.75 Å². The number of thiol groups is 1. The van der Waals surface area contributed by atoms with Gasteiger partial charge in [-0.25, -0.2) is 4.39 Å². The van der Waals surface area contributed by atoms with Gasteiger partial charge < -0.3 is 9.31 Å². The molecule has 0 bridgehead atoms. The fraction of sp³-hybridized carbons (Fsp3) is 0.533. The topological polar surface area (TPSA) is 31.4 Å².